The van der Waals surface area contributed by atoms with Crippen molar-refractivity contribution in [2.45, 2.75) is 21.7 Å². The van der Waals surface area contributed by atoms with Gasteiger partial charge in [-0.2, -0.15) is 13.2 Å². The van der Waals surface area contributed by atoms with E-state index in [0.717, 1.165) is 34.4 Å². The fourth-order valence-corrected chi connectivity index (χ4v) is 4.43. The van der Waals surface area contributed by atoms with E-state index in [9.17, 15) is 26.4 Å². The van der Waals surface area contributed by atoms with Crippen LogP contribution < -0.4 is 10.0 Å². The smallest absolute Gasteiger partial charge is 0.325 e. The Morgan fingerprint density at radius 2 is 1.78 bits per heavy atom. The van der Waals surface area contributed by atoms with E-state index in [4.69, 9.17) is 0 Å². The Morgan fingerprint density at radius 3 is 2.44 bits per heavy atom. The molecule has 0 bridgehead atoms. The highest BCUT2D eigenvalue weighted by atomic mass is 32.2. The molecule has 2 aromatic carbocycles. The summed E-state index contributed by atoms with van der Waals surface area (Å²) in [7, 11) is -4.29. The lowest BCUT2D eigenvalue weighted by atomic mass is 10.2. The molecule has 0 aliphatic carbocycles. The molecule has 11 heteroatoms. The number of pyridine rings is 1. The van der Waals surface area contributed by atoms with Crippen molar-refractivity contribution >= 4 is 33.4 Å². The molecule has 0 spiro atoms. The van der Waals surface area contributed by atoms with Gasteiger partial charge in [-0.1, -0.05) is 12.1 Å². The number of hydrogen-bond acceptors (Lipinski definition) is 5. The second kappa shape index (κ2) is 10.2. The van der Waals surface area contributed by atoms with E-state index in [1.807, 2.05) is 29.0 Å². The molecule has 0 fully saturated rings. The molecule has 0 radical (unpaired) electrons. The van der Waals surface area contributed by atoms with Crippen molar-refractivity contribution in [1.29, 1.82) is 0 Å². The quantitative estimate of drug-likeness (QED) is 0.468. The first-order chi connectivity index (χ1) is 15.1. The lowest BCUT2D eigenvalue weighted by Crippen LogP contribution is -2.33. The van der Waals surface area contributed by atoms with E-state index in [1.165, 1.54) is 0 Å². The van der Waals surface area contributed by atoms with Gasteiger partial charge in [0.2, 0.25) is 15.9 Å². The second-order valence-electron chi connectivity index (χ2n) is 6.57. The maximum Gasteiger partial charge on any atom is 0.416 e. The number of amides is 1. The topological polar surface area (TPSA) is 88.2 Å². The van der Waals surface area contributed by atoms with Gasteiger partial charge in [0.05, 0.1) is 17.0 Å². The van der Waals surface area contributed by atoms with Crippen LogP contribution in [0.25, 0.3) is 0 Å². The summed E-state index contributed by atoms with van der Waals surface area (Å²) in [4.78, 5) is 16.5. The Bertz CT molecular complexity index is 1170. The highest BCUT2D eigenvalue weighted by Crippen LogP contribution is 2.30. The number of rotatable bonds is 8. The van der Waals surface area contributed by atoms with Gasteiger partial charge in [0.15, 0.2) is 0 Å². The van der Waals surface area contributed by atoms with E-state index in [2.05, 4.69) is 10.3 Å². The van der Waals surface area contributed by atoms with Gasteiger partial charge in [-0.05, 0) is 54.1 Å². The minimum atomic E-state index is -4.68. The molecule has 0 saturated carbocycles. The number of aromatic nitrogens is 1. The maximum absolute atomic E-state index is 12.8. The first-order valence-corrected chi connectivity index (χ1v) is 11.7. The largest absolute Gasteiger partial charge is 0.416 e. The van der Waals surface area contributed by atoms with Gasteiger partial charge in [-0.25, -0.2) is 13.1 Å². The Balaban J connectivity index is 1.53. The van der Waals surface area contributed by atoms with Crippen molar-refractivity contribution in [3.8, 4) is 0 Å². The average Bonchev–Trinajstić information content (AvgIpc) is 2.78. The van der Waals surface area contributed by atoms with E-state index in [1.54, 1.807) is 36.3 Å². The van der Waals surface area contributed by atoms with E-state index in [0.29, 0.717) is 11.8 Å². The fourth-order valence-electron chi connectivity index (χ4n) is 2.57. The molecule has 0 aliphatic rings. The number of carbonyl (C=O) groups excluding carboxylic acids is 1. The van der Waals surface area contributed by atoms with Crippen LogP contribution in [0.2, 0.25) is 0 Å². The first kappa shape index (κ1) is 23.8. The number of thioether (sulfide) groups is 1. The number of anilines is 1. The van der Waals surface area contributed by atoms with Gasteiger partial charge in [0, 0.05) is 28.7 Å². The highest BCUT2D eigenvalue weighted by Gasteiger charge is 2.31. The molecule has 1 amide bonds. The molecule has 2 N–H and O–H groups in total. The van der Waals surface area contributed by atoms with Crippen molar-refractivity contribution in [3.05, 3.63) is 84.2 Å². The molecular formula is C21H18F3N3O3S2. The number of halogens is 3. The molecule has 168 valence electrons. The monoisotopic (exact) mass is 481 g/mol. The van der Waals surface area contributed by atoms with Crippen LogP contribution in [0.4, 0.5) is 18.9 Å². The molecule has 1 heterocycles. The van der Waals surface area contributed by atoms with Crippen LogP contribution in [0.15, 0.2) is 82.8 Å². The zero-order valence-corrected chi connectivity index (χ0v) is 18.1. The lowest BCUT2D eigenvalue weighted by Gasteiger charge is -2.11. The Morgan fingerprint density at radius 1 is 1.03 bits per heavy atom. The van der Waals surface area contributed by atoms with Crippen LogP contribution in [-0.2, 0) is 26.7 Å². The van der Waals surface area contributed by atoms with E-state index in [-0.39, 0.29) is 0 Å². The zero-order chi connectivity index (χ0) is 23.2. The highest BCUT2D eigenvalue weighted by molar-refractivity contribution is 7.98. The first-order valence-electron chi connectivity index (χ1n) is 9.22. The Hall–Kier alpha value is -2.89. The zero-order valence-electron chi connectivity index (χ0n) is 16.5. The molecular weight excluding hydrogens is 463 g/mol. The summed E-state index contributed by atoms with van der Waals surface area (Å²) in [6.45, 7) is -0.629. The molecule has 32 heavy (non-hydrogen) atoms. The number of sulfonamides is 1. The molecule has 0 aliphatic heterocycles. The summed E-state index contributed by atoms with van der Waals surface area (Å²) in [6.07, 6.45) is -1.20. The SMILES string of the molecule is O=C(CNS(=O)(=O)c1cccc(C(F)(F)F)c1)Nc1ccc(SCc2cccnc2)cc1. The summed E-state index contributed by atoms with van der Waals surface area (Å²) in [6, 6.07) is 14.1. The minimum Gasteiger partial charge on any atom is -0.325 e. The number of nitrogens with one attached hydrogen (secondary N) is 2. The van der Waals surface area contributed by atoms with Gasteiger partial charge in [0.25, 0.3) is 0 Å². The third kappa shape index (κ3) is 6.81. The van der Waals surface area contributed by atoms with Crippen molar-refractivity contribution in [3.63, 3.8) is 0 Å². The van der Waals surface area contributed by atoms with Crippen molar-refractivity contribution in [2.24, 2.45) is 0 Å². The van der Waals surface area contributed by atoms with E-state index >= 15 is 0 Å². The Labute approximate surface area is 187 Å². The van der Waals surface area contributed by atoms with Crippen LogP contribution in [0.3, 0.4) is 0 Å². The van der Waals surface area contributed by atoms with Crippen LogP contribution >= 0.6 is 11.8 Å². The van der Waals surface area contributed by atoms with Crippen LogP contribution in [0.5, 0.6) is 0 Å². The van der Waals surface area contributed by atoms with Gasteiger partial charge < -0.3 is 5.32 Å². The van der Waals surface area contributed by atoms with E-state index < -0.39 is 39.1 Å². The van der Waals surface area contributed by atoms with Crippen LogP contribution in [-0.4, -0.2) is 25.9 Å². The Kier molecular flexibility index (Phi) is 7.54. The second-order valence-corrected chi connectivity index (χ2v) is 9.39. The summed E-state index contributed by atoms with van der Waals surface area (Å²) in [5, 5.41) is 2.54. The van der Waals surface area contributed by atoms with Gasteiger partial charge >= 0.3 is 6.18 Å². The molecule has 3 rings (SSSR count). The maximum atomic E-state index is 12.8. The number of nitrogens with zero attached hydrogens (tertiary/aromatic N) is 1. The van der Waals surface area contributed by atoms with Crippen molar-refractivity contribution in [2.75, 3.05) is 11.9 Å². The van der Waals surface area contributed by atoms with Crippen LogP contribution in [0, 0.1) is 0 Å². The number of hydrogen-bond donors (Lipinski definition) is 2. The molecule has 1 aromatic heterocycles. The minimum absolute atomic E-state index is 0.457. The molecule has 6 nitrogen and oxygen atoms in total. The standard InChI is InChI=1S/C21H18F3N3O3S2/c22-21(23,24)16-4-1-5-19(11-16)32(29,30)26-13-20(28)27-17-6-8-18(9-7-17)31-14-15-3-2-10-25-12-15/h1-12,26H,13-14H2,(H,27,28). The van der Waals surface area contributed by atoms with Crippen molar-refractivity contribution < 1.29 is 26.4 Å². The van der Waals surface area contributed by atoms with Crippen LogP contribution in [0.1, 0.15) is 11.1 Å². The number of benzene rings is 2. The number of carbonyl (C=O) groups is 1. The third-order valence-electron chi connectivity index (χ3n) is 4.16. The van der Waals surface area contributed by atoms with Gasteiger partial charge in [0.1, 0.15) is 0 Å². The molecule has 0 saturated heterocycles. The van der Waals surface area contributed by atoms with Crippen molar-refractivity contribution in [1.82, 2.24) is 9.71 Å². The molecule has 3 aromatic rings. The summed E-state index contributed by atoms with van der Waals surface area (Å²) < 4.78 is 64.9. The predicted molar refractivity (Wildman–Crippen MR) is 116 cm³/mol. The summed E-state index contributed by atoms with van der Waals surface area (Å²) >= 11 is 1.59. The fraction of sp³-hybridized carbons (Fsp3) is 0.143. The third-order valence-corrected chi connectivity index (χ3v) is 6.64. The average molecular weight is 482 g/mol. The van der Waals surface area contributed by atoms with Gasteiger partial charge in [-0.3, -0.25) is 9.78 Å². The molecule has 0 unspecified atom stereocenters. The molecule has 0 atom stereocenters. The lowest BCUT2D eigenvalue weighted by molar-refractivity contribution is -0.137. The summed E-state index contributed by atoms with van der Waals surface area (Å²) in [5.41, 5.74) is 0.438. The normalized spacial score (nSPS) is 11.8. The van der Waals surface area contributed by atoms with Gasteiger partial charge in [-0.15, -0.1) is 11.8 Å². The predicted octanol–water partition coefficient (Wildman–Crippen LogP) is 4.31. The summed E-state index contributed by atoms with van der Waals surface area (Å²) in [5.74, 6) is 0.0768. The number of alkyl halides is 3.